The molecular formula is C29H27ClN4O4. The number of nitrogens with zero attached hydrogens (tertiary/aromatic N) is 2. The summed E-state index contributed by atoms with van der Waals surface area (Å²) >= 11 is 6.07. The summed E-state index contributed by atoms with van der Waals surface area (Å²) in [5, 5.41) is 20.9. The Balaban J connectivity index is 1.57. The lowest BCUT2D eigenvalue weighted by Crippen LogP contribution is -2.25. The lowest BCUT2D eigenvalue weighted by molar-refractivity contribution is 0.201. The van der Waals surface area contributed by atoms with Gasteiger partial charge in [-0.2, -0.15) is 0 Å². The van der Waals surface area contributed by atoms with Crippen molar-refractivity contribution in [3.63, 3.8) is 0 Å². The molecule has 2 aromatic heterocycles. The molecule has 5 rings (SSSR count). The molecule has 0 bridgehead atoms. The molecule has 5 aromatic rings. The van der Waals surface area contributed by atoms with E-state index in [4.69, 9.17) is 26.4 Å². The highest BCUT2D eigenvalue weighted by Crippen LogP contribution is 2.33. The Morgan fingerprint density at radius 1 is 0.974 bits per heavy atom. The molecule has 0 saturated carbocycles. The standard InChI is InChI=1S/C29H27ClN4O4/c1-18-25(20-7-11-22(30)12-8-20)32-27(31-18)24(17-19-5-3-2-4-6-19)34-28(36)26(33-29(34)37)21-9-13-23(14-10-21)38-16-15-35/h2-14,24,35-36H,15-17H2,1H3,(H,31,32)(H,33,37)/t24-/m1/s1. The van der Waals surface area contributed by atoms with Gasteiger partial charge in [0.1, 0.15) is 29.9 Å². The van der Waals surface area contributed by atoms with Crippen molar-refractivity contribution in [2.75, 3.05) is 13.2 Å². The molecule has 0 radical (unpaired) electrons. The zero-order valence-electron chi connectivity index (χ0n) is 20.7. The molecule has 0 aliphatic heterocycles. The average Bonchev–Trinajstić information content (AvgIpc) is 3.46. The lowest BCUT2D eigenvalue weighted by Gasteiger charge is -2.17. The molecular weight excluding hydrogens is 504 g/mol. The third-order valence-electron chi connectivity index (χ3n) is 6.33. The third kappa shape index (κ3) is 5.22. The summed E-state index contributed by atoms with van der Waals surface area (Å²) in [7, 11) is 0. The second-order valence-corrected chi connectivity index (χ2v) is 9.34. The van der Waals surface area contributed by atoms with Gasteiger partial charge in [0.05, 0.1) is 12.3 Å². The van der Waals surface area contributed by atoms with Crippen LogP contribution in [-0.2, 0) is 6.42 Å². The van der Waals surface area contributed by atoms with Gasteiger partial charge >= 0.3 is 5.69 Å². The van der Waals surface area contributed by atoms with Crippen LogP contribution in [0.1, 0.15) is 23.1 Å². The number of ether oxygens (including phenoxy) is 1. The summed E-state index contributed by atoms with van der Waals surface area (Å²) in [6, 6.07) is 23.5. The zero-order chi connectivity index (χ0) is 26.6. The summed E-state index contributed by atoms with van der Waals surface area (Å²) in [5.41, 5.74) is 3.91. The second kappa shape index (κ2) is 11.0. The van der Waals surface area contributed by atoms with E-state index in [2.05, 4.69) is 9.97 Å². The molecule has 9 heteroatoms. The van der Waals surface area contributed by atoms with E-state index < -0.39 is 11.7 Å². The number of benzene rings is 3. The fourth-order valence-corrected chi connectivity index (χ4v) is 4.62. The van der Waals surface area contributed by atoms with Gasteiger partial charge in [-0.25, -0.2) is 9.78 Å². The van der Waals surface area contributed by atoms with Crippen molar-refractivity contribution in [2.45, 2.75) is 19.4 Å². The van der Waals surface area contributed by atoms with E-state index in [1.54, 1.807) is 36.4 Å². The minimum atomic E-state index is -0.609. The molecule has 3 aromatic carbocycles. The molecule has 0 spiro atoms. The van der Waals surface area contributed by atoms with Crippen molar-refractivity contribution in [1.82, 2.24) is 19.5 Å². The lowest BCUT2D eigenvalue weighted by atomic mass is 10.0. The fourth-order valence-electron chi connectivity index (χ4n) is 4.49. The average molecular weight is 531 g/mol. The number of rotatable bonds is 9. The van der Waals surface area contributed by atoms with E-state index in [1.807, 2.05) is 49.4 Å². The van der Waals surface area contributed by atoms with Gasteiger partial charge in [-0.3, -0.25) is 4.57 Å². The quantitative estimate of drug-likeness (QED) is 0.211. The molecule has 0 saturated heterocycles. The molecule has 4 N–H and O–H groups in total. The Bertz CT molecular complexity index is 1570. The molecule has 2 heterocycles. The largest absolute Gasteiger partial charge is 0.493 e. The van der Waals surface area contributed by atoms with Crippen LogP contribution >= 0.6 is 11.6 Å². The summed E-state index contributed by atoms with van der Waals surface area (Å²) in [4.78, 5) is 24.3. The highest BCUT2D eigenvalue weighted by Gasteiger charge is 2.27. The first kappa shape index (κ1) is 25.4. The molecule has 0 aliphatic rings. The van der Waals surface area contributed by atoms with Crippen molar-refractivity contribution in [3.8, 4) is 34.1 Å². The third-order valence-corrected chi connectivity index (χ3v) is 6.58. The number of H-pyrrole nitrogens is 2. The minimum Gasteiger partial charge on any atom is -0.493 e. The van der Waals surface area contributed by atoms with Gasteiger partial charge in [0.25, 0.3) is 0 Å². The van der Waals surface area contributed by atoms with Gasteiger partial charge in [0.15, 0.2) is 0 Å². The number of aliphatic hydroxyl groups excluding tert-OH is 1. The van der Waals surface area contributed by atoms with Crippen molar-refractivity contribution in [3.05, 3.63) is 111 Å². The van der Waals surface area contributed by atoms with E-state index >= 15 is 0 Å². The minimum absolute atomic E-state index is 0.0898. The maximum atomic E-state index is 13.3. The number of aromatic nitrogens is 4. The van der Waals surface area contributed by atoms with Crippen LogP contribution in [0.5, 0.6) is 11.6 Å². The number of aryl methyl sites for hydroxylation is 1. The van der Waals surface area contributed by atoms with Crippen molar-refractivity contribution < 1.29 is 14.9 Å². The zero-order valence-corrected chi connectivity index (χ0v) is 21.4. The van der Waals surface area contributed by atoms with Crippen LogP contribution in [0.3, 0.4) is 0 Å². The summed E-state index contributed by atoms with van der Waals surface area (Å²) in [6.45, 7) is 2.01. The van der Waals surface area contributed by atoms with Gasteiger partial charge in [-0.1, -0.05) is 54.1 Å². The van der Waals surface area contributed by atoms with Gasteiger partial charge in [0, 0.05) is 28.3 Å². The predicted octanol–water partition coefficient (Wildman–Crippen LogP) is 5.10. The Kier molecular flexibility index (Phi) is 7.35. The SMILES string of the molecule is Cc1[nH]c([C@@H](Cc2ccccc2)n2c(O)c(-c3ccc(OCCO)cc3)[nH]c2=O)nc1-c1ccc(Cl)cc1. The van der Waals surface area contributed by atoms with Gasteiger partial charge in [-0.05, 0) is 48.9 Å². The number of halogens is 1. The fraction of sp³-hybridized carbons (Fsp3) is 0.172. The van der Waals surface area contributed by atoms with E-state index in [1.165, 1.54) is 4.57 Å². The highest BCUT2D eigenvalue weighted by molar-refractivity contribution is 6.30. The van der Waals surface area contributed by atoms with Crippen LogP contribution in [0.25, 0.3) is 22.5 Å². The Labute approximate surface area is 224 Å². The van der Waals surface area contributed by atoms with Gasteiger partial charge in [-0.15, -0.1) is 0 Å². The number of aliphatic hydroxyl groups is 1. The monoisotopic (exact) mass is 530 g/mol. The first-order chi connectivity index (χ1) is 18.4. The Morgan fingerprint density at radius 3 is 2.34 bits per heavy atom. The number of imidazole rings is 2. The maximum Gasteiger partial charge on any atom is 0.329 e. The number of aromatic hydroxyl groups is 1. The summed E-state index contributed by atoms with van der Waals surface area (Å²) < 4.78 is 6.75. The van der Waals surface area contributed by atoms with E-state index in [0.29, 0.717) is 34.3 Å². The summed E-state index contributed by atoms with van der Waals surface area (Å²) in [6.07, 6.45) is 0.423. The molecule has 1 atom stereocenters. The van der Waals surface area contributed by atoms with Crippen molar-refractivity contribution >= 4 is 11.6 Å². The Morgan fingerprint density at radius 2 is 1.66 bits per heavy atom. The molecule has 0 unspecified atom stereocenters. The highest BCUT2D eigenvalue weighted by atomic mass is 35.5. The molecule has 0 aliphatic carbocycles. The number of aromatic amines is 2. The van der Waals surface area contributed by atoms with E-state index in [9.17, 15) is 9.90 Å². The van der Waals surface area contributed by atoms with Crippen LogP contribution in [0.2, 0.25) is 5.02 Å². The summed E-state index contributed by atoms with van der Waals surface area (Å²) in [5.74, 6) is 0.931. The van der Waals surface area contributed by atoms with Gasteiger partial charge < -0.3 is 24.9 Å². The maximum absolute atomic E-state index is 13.3. The van der Waals surface area contributed by atoms with E-state index in [-0.39, 0.29) is 19.1 Å². The Hall–Kier alpha value is -4.27. The van der Waals surface area contributed by atoms with Crippen LogP contribution in [-0.4, -0.2) is 42.9 Å². The van der Waals surface area contributed by atoms with Crippen LogP contribution < -0.4 is 10.4 Å². The van der Waals surface area contributed by atoms with Crippen LogP contribution in [0.4, 0.5) is 0 Å². The molecule has 38 heavy (non-hydrogen) atoms. The first-order valence-electron chi connectivity index (χ1n) is 12.2. The molecule has 0 fully saturated rings. The van der Waals surface area contributed by atoms with Crippen molar-refractivity contribution in [2.24, 2.45) is 0 Å². The van der Waals surface area contributed by atoms with Crippen LogP contribution in [0, 0.1) is 6.92 Å². The van der Waals surface area contributed by atoms with Crippen molar-refractivity contribution in [1.29, 1.82) is 0 Å². The normalized spacial score (nSPS) is 12.0. The number of hydrogen-bond donors (Lipinski definition) is 4. The predicted molar refractivity (Wildman–Crippen MR) is 147 cm³/mol. The molecule has 8 nitrogen and oxygen atoms in total. The smallest absolute Gasteiger partial charge is 0.329 e. The number of hydrogen-bond acceptors (Lipinski definition) is 5. The first-order valence-corrected chi connectivity index (χ1v) is 12.6. The van der Waals surface area contributed by atoms with E-state index in [0.717, 1.165) is 22.5 Å². The molecule has 0 amide bonds. The molecule has 194 valence electrons. The van der Waals surface area contributed by atoms with Gasteiger partial charge in [0.2, 0.25) is 5.88 Å². The topological polar surface area (TPSA) is 116 Å². The van der Waals surface area contributed by atoms with Crippen LogP contribution in [0.15, 0.2) is 83.7 Å². The second-order valence-electron chi connectivity index (χ2n) is 8.90. The number of nitrogens with one attached hydrogen (secondary N) is 2.